The van der Waals surface area contributed by atoms with E-state index in [2.05, 4.69) is 0 Å². The van der Waals surface area contributed by atoms with Crippen LogP contribution < -0.4 is 15.2 Å². The summed E-state index contributed by atoms with van der Waals surface area (Å²) in [5, 5.41) is 0. The molecular formula is C17H21NO2. The maximum absolute atomic E-state index is 6.35. The fraction of sp³-hybridized carbons (Fsp3) is 0.294. The maximum atomic E-state index is 6.35. The minimum absolute atomic E-state index is 0.117. The Hall–Kier alpha value is -2.00. The van der Waals surface area contributed by atoms with Crippen molar-refractivity contribution < 1.29 is 9.47 Å². The Morgan fingerprint density at radius 3 is 2.35 bits per heavy atom. The Labute approximate surface area is 120 Å². The largest absolute Gasteiger partial charge is 0.496 e. The van der Waals surface area contributed by atoms with Crippen LogP contribution in [0.25, 0.3) is 0 Å². The third-order valence-corrected chi connectivity index (χ3v) is 3.25. The van der Waals surface area contributed by atoms with Gasteiger partial charge in [0.2, 0.25) is 0 Å². The number of hydrogen-bond donors (Lipinski definition) is 1. The van der Waals surface area contributed by atoms with Crippen LogP contribution in [0.1, 0.15) is 24.1 Å². The van der Waals surface area contributed by atoms with E-state index in [0.717, 1.165) is 22.6 Å². The lowest BCUT2D eigenvalue weighted by molar-refractivity contribution is 0.334. The first-order chi connectivity index (χ1) is 9.76. The molecule has 2 aromatic carbocycles. The monoisotopic (exact) mass is 271 g/mol. The normalized spacial score (nSPS) is 11.9. The van der Waals surface area contributed by atoms with Crippen molar-refractivity contribution >= 4 is 0 Å². The zero-order chi connectivity index (χ0) is 14.4. The summed E-state index contributed by atoms with van der Waals surface area (Å²) in [7, 11) is 1.68. The van der Waals surface area contributed by atoms with Gasteiger partial charge in [-0.2, -0.15) is 0 Å². The highest BCUT2D eigenvalue weighted by atomic mass is 16.5. The van der Waals surface area contributed by atoms with Gasteiger partial charge in [-0.1, -0.05) is 36.4 Å². The van der Waals surface area contributed by atoms with Crippen LogP contribution in [0.4, 0.5) is 0 Å². The molecule has 3 nitrogen and oxygen atoms in total. The van der Waals surface area contributed by atoms with Crippen molar-refractivity contribution in [1.29, 1.82) is 0 Å². The summed E-state index contributed by atoms with van der Waals surface area (Å²) in [4.78, 5) is 0. The molecule has 20 heavy (non-hydrogen) atoms. The molecule has 0 saturated carbocycles. The van der Waals surface area contributed by atoms with E-state index < -0.39 is 0 Å². The molecule has 0 aromatic heterocycles. The summed E-state index contributed by atoms with van der Waals surface area (Å²) in [5.74, 6) is 1.73. The SMILES string of the molecule is CCOc1ccccc1C(N)Cc1ccccc1OC. The van der Waals surface area contributed by atoms with E-state index in [9.17, 15) is 0 Å². The highest BCUT2D eigenvalue weighted by molar-refractivity contribution is 5.39. The van der Waals surface area contributed by atoms with Gasteiger partial charge in [0, 0.05) is 11.6 Å². The second-order valence-corrected chi connectivity index (χ2v) is 4.59. The quantitative estimate of drug-likeness (QED) is 0.876. The van der Waals surface area contributed by atoms with Crippen molar-refractivity contribution in [3.63, 3.8) is 0 Å². The van der Waals surface area contributed by atoms with Gasteiger partial charge in [-0.25, -0.2) is 0 Å². The van der Waals surface area contributed by atoms with Crippen LogP contribution in [0.15, 0.2) is 48.5 Å². The minimum atomic E-state index is -0.117. The minimum Gasteiger partial charge on any atom is -0.496 e. The smallest absolute Gasteiger partial charge is 0.124 e. The Balaban J connectivity index is 2.21. The summed E-state index contributed by atoms with van der Waals surface area (Å²) in [5.41, 5.74) is 8.48. The molecule has 0 radical (unpaired) electrons. The summed E-state index contributed by atoms with van der Waals surface area (Å²) < 4.78 is 11.0. The lowest BCUT2D eigenvalue weighted by Gasteiger charge is -2.17. The predicted molar refractivity (Wildman–Crippen MR) is 81.2 cm³/mol. The van der Waals surface area contributed by atoms with Crippen LogP contribution in [-0.4, -0.2) is 13.7 Å². The molecule has 0 fully saturated rings. The van der Waals surface area contributed by atoms with Crippen LogP contribution in [0.5, 0.6) is 11.5 Å². The number of para-hydroxylation sites is 2. The fourth-order valence-corrected chi connectivity index (χ4v) is 2.29. The van der Waals surface area contributed by atoms with Gasteiger partial charge in [0.15, 0.2) is 0 Å². The molecule has 3 heteroatoms. The van der Waals surface area contributed by atoms with Gasteiger partial charge in [-0.15, -0.1) is 0 Å². The molecule has 2 rings (SSSR count). The molecule has 0 amide bonds. The van der Waals surface area contributed by atoms with Gasteiger partial charge in [-0.3, -0.25) is 0 Å². The Morgan fingerprint density at radius 1 is 1.00 bits per heavy atom. The molecule has 0 aliphatic rings. The highest BCUT2D eigenvalue weighted by Crippen LogP contribution is 2.28. The zero-order valence-electron chi connectivity index (χ0n) is 12.0. The number of methoxy groups -OCH3 is 1. The van der Waals surface area contributed by atoms with Gasteiger partial charge >= 0.3 is 0 Å². The van der Waals surface area contributed by atoms with Gasteiger partial charge in [0.1, 0.15) is 11.5 Å². The van der Waals surface area contributed by atoms with Crippen molar-refractivity contribution in [1.82, 2.24) is 0 Å². The van der Waals surface area contributed by atoms with E-state index in [1.165, 1.54) is 0 Å². The summed E-state index contributed by atoms with van der Waals surface area (Å²) in [6.07, 6.45) is 0.716. The molecule has 0 aliphatic carbocycles. The first-order valence-corrected chi connectivity index (χ1v) is 6.85. The van der Waals surface area contributed by atoms with E-state index in [-0.39, 0.29) is 6.04 Å². The van der Waals surface area contributed by atoms with E-state index >= 15 is 0 Å². The van der Waals surface area contributed by atoms with E-state index in [0.29, 0.717) is 13.0 Å². The molecule has 1 unspecified atom stereocenters. The molecule has 0 spiro atoms. The average Bonchev–Trinajstić information content (AvgIpc) is 2.48. The second-order valence-electron chi connectivity index (χ2n) is 4.59. The molecule has 0 saturated heterocycles. The summed E-state index contributed by atoms with van der Waals surface area (Å²) >= 11 is 0. The van der Waals surface area contributed by atoms with Crippen LogP contribution in [0.2, 0.25) is 0 Å². The second kappa shape index (κ2) is 6.96. The average molecular weight is 271 g/mol. The number of benzene rings is 2. The fourth-order valence-electron chi connectivity index (χ4n) is 2.29. The molecular weight excluding hydrogens is 250 g/mol. The first-order valence-electron chi connectivity index (χ1n) is 6.85. The predicted octanol–water partition coefficient (Wildman–Crippen LogP) is 3.34. The topological polar surface area (TPSA) is 44.5 Å². The third kappa shape index (κ3) is 3.31. The molecule has 1 atom stereocenters. The molecule has 2 aromatic rings. The van der Waals surface area contributed by atoms with Crippen molar-refractivity contribution in [3.8, 4) is 11.5 Å². The van der Waals surface area contributed by atoms with Gasteiger partial charge < -0.3 is 15.2 Å². The van der Waals surface area contributed by atoms with Gasteiger partial charge in [0.25, 0.3) is 0 Å². The number of hydrogen-bond acceptors (Lipinski definition) is 3. The lowest BCUT2D eigenvalue weighted by Crippen LogP contribution is -2.15. The number of rotatable bonds is 6. The lowest BCUT2D eigenvalue weighted by atomic mass is 9.98. The van der Waals surface area contributed by atoms with Gasteiger partial charge in [-0.05, 0) is 31.0 Å². The standard InChI is InChI=1S/C17H21NO2/c1-3-20-17-11-7-5-9-14(17)15(18)12-13-8-4-6-10-16(13)19-2/h4-11,15H,3,12,18H2,1-2H3. The molecule has 0 heterocycles. The Bertz CT molecular complexity index is 554. The Kier molecular flexibility index (Phi) is 5.02. The van der Waals surface area contributed by atoms with Crippen molar-refractivity contribution in [2.45, 2.75) is 19.4 Å². The number of nitrogens with two attached hydrogens (primary N) is 1. The zero-order valence-corrected chi connectivity index (χ0v) is 12.0. The number of ether oxygens (including phenoxy) is 2. The van der Waals surface area contributed by atoms with E-state index in [1.54, 1.807) is 7.11 Å². The Morgan fingerprint density at radius 2 is 1.65 bits per heavy atom. The van der Waals surface area contributed by atoms with Crippen LogP contribution in [0, 0.1) is 0 Å². The highest BCUT2D eigenvalue weighted by Gasteiger charge is 2.14. The van der Waals surface area contributed by atoms with E-state index in [1.807, 2.05) is 55.5 Å². The summed E-state index contributed by atoms with van der Waals surface area (Å²) in [6.45, 7) is 2.61. The third-order valence-electron chi connectivity index (χ3n) is 3.25. The van der Waals surface area contributed by atoms with Crippen molar-refractivity contribution in [2.75, 3.05) is 13.7 Å². The van der Waals surface area contributed by atoms with Crippen LogP contribution in [-0.2, 0) is 6.42 Å². The van der Waals surface area contributed by atoms with Crippen molar-refractivity contribution in [2.24, 2.45) is 5.73 Å². The van der Waals surface area contributed by atoms with Crippen molar-refractivity contribution in [3.05, 3.63) is 59.7 Å². The van der Waals surface area contributed by atoms with Gasteiger partial charge in [0.05, 0.1) is 13.7 Å². The molecule has 0 bridgehead atoms. The molecule has 0 aliphatic heterocycles. The van der Waals surface area contributed by atoms with E-state index in [4.69, 9.17) is 15.2 Å². The molecule has 106 valence electrons. The summed E-state index contributed by atoms with van der Waals surface area (Å²) in [6, 6.07) is 15.8. The van der Waals surface area contributed by atoms with Crippen LogP contribution >= 0.6 is 0 Å². The maximum Gasteiger partial charge on any atom is 0.124 e. The molecule has 2 N–H and O–H groups in total. The van der Waals surface area contributed by atoms with Crippen LogP contribution in [0.3, 0.4) is 0 Å². The first kappa shape index (κ1) is 14.4.